The first kappa shape index (κ1) is 16.1. The summed E-state index contributed by atoms with van der Waals surface area (Å²) in [6, 6.07) is 13.1. The Morgan fingerprint density at radius 1 is 1.08 bits per heavy atom. The molecular formula is C21H25N3O. The van der Waals surface area contributed by atoms with Crippen LogP contribution in [0, 0.1) is 5.92 Å². The molecule has 25 heavy (non-hydrogen) atoms. The van der Waals surface area contributed by atoms with Crippen LogP contribution in [0.3, 0.4) is 0 Å². The second-order valence-electron chi connectivity index (χ2n) is 7.30. The van der Waals surface area contributed by atoms with Crippen LogP contribution in [-0.4, -0.2) is 30.0 Å². The van der Waals surface area contributed by atoms with Gasteiger partial charge in [-0.1, -0.05) is 30.3 Å². The van der Waals surface area contributed by atoms with Crippen molar-refractivity contribution in [3.63, 3.8) is 0 Å². The molecule has 1 aromatic heterocycles. The van der Waals surface area contributed by atoms with Crippen molar-refractivity contribution in [2.75, 3.05) is 18.0 Å². The van der Waals surface area contributed by atoms with Crippen molar-refractivity contribution in [1.82, 2.24) is 10.3 Å². The molecule has 4 heteroatoms. The van der Waals surface area contributed by atoms with Gasteiger partial charge in [-0.2, -0.15) is 0 Å². The highest BCUT2D eigenvalue weighted by Gasteiger charge is 2.25. The summed E-state index contributed by atoms with van der Waals surface area (Å²) in [6.07, 6.45) is 9.30. The number of amides is 1. The molecule has 4 nitrogen and oxygen atoms in total. The minimum Gasteiger partial charge on any atom is -0.370 e. The van der Waals surface area contributed by atoms with Gasteiger partial charge in [-0.15, -0.1) is 0 Å². The molecule has 1 aliphatic carbocycles. The Morgan fingerprint density at radius 2 is 1.84 bits per heavy atom. The van der Waals surface area contributed by atoms with Crippen LogP contribution in [0.15, 0.2) is 48.8 Å². The maximum Gasteiger partial charge on any atom is 0.253 e. The first-order chi connectivity index (χ1) is 12.3. The quantitative estimate of drug-likeness (QED) is 0.910. The van der Waals surface area contributed by atoms with Gasteiger partial charge in [0.25, 0.3) is 5.91 Å². The second kappa shape index (κ2) is 7.26. The molecule has 0 spiro atoms. The summed E-state index contributed by atoms with van der Waals surface area (Å²) in [7, 11) is 0. The number of nitrogens with one attached hydrogen (secondary N) is 1. The summed E-state index contributed by atoms with van der Waals surface area (Å²) in [6.45, 7) is 2.07. The minimum absolute atomic E-state index is 0.0100. The lowest BCUT2D eigenvalue weighted by Gasteiger charge is -2.33. The lowest BCUT2D eigenvalue weighted by molar-refractivity contribution is 0.0950. The zero-order valence-electron chi connectivity index (χ0n) is 14.5. The molecule has 0 atom stereocenters. The largest absolute Gasteiger partial charge is 0.370 e. The molecule has 0 unspecified atom stereocenters. The molecule has 1 aliphatic heterocycles. The average molecular weight is 335 g/mol. The van der Waals surface area contributed by atoms with Crippen molar-refractivity contribution in [2.24, 2.45) is 5.92 Å². The van der Waals surface area contributed by atoms with E-state index < -0.39 is 0 Å². The number of hydrogen-bond donors (Lipinski definition) is 1. The van der Waals surface area contributed by atoms with Crippen molar-refractivity contribution in [1.29, 1.82) is 0 Å². The van der Waals surface area contributed by atoms with Crippen molar-refractivity contribution in [2.45, 2.75) is 38.1 Å². The van der Waals surface area contributed by atoms with Crippen molar-refractivity contribution in [3.05, 3.63) is 59.9 Å². The van der Waals surface area contributed by atoms with Crippen LogP contribution in [0.5, 0.6) is 0 Å². The topological polar surface area (TPSA) is 45.2 Å². The van der Waals surface area contributed by atoms with E-state index >= 15 is 0 Å². The molecule has 1 saturated carbocycles. The fourth-order valence-electron chi connectivity index (χ4n) is 3.56. The molecule has 2 aliphatic rings. The number of aromatic nitrogens is 1. The Hall–Kier alpha value is -2.36. The molecule has 1 aromatic carbocycles. The molecular weight excluding hydrogens is 310 g/mol. The van der Waals surface area contributed by atoms with E-state index in [1.54, 1.807) is 6.20 Å². The van der Waals surface area contributed by atoms with Crippen LogP contribution in [0.1, 0.15) is 41.6 Å². The number of carbonyl (C=O) groups excluding carboxylic acids is 1. The van der Waals surface area contributed by atoms with Crippen LogP contribution >= 0.6 is 0 Å². The Morgan fingerprint density at radius 3 is 2.56 bits per heavy atom. The third-order valence-corrected chi connectivity index (χ3v) is 5.25. The first-order valence-corrected chi connectivity index (χ1v) is 9.33. The zero-order chi connectivity index (χ0) is 17.1. The normalized spacial score (nSPS) is 18.2. The van der Waals surface area contributed by atoms with Crippen LogP contribution in [0.25, 0.3) is 0 Å². The van der Waals surface area contributed by atoms with Crippen LogP contribution in [0.4, 0.5) is 5.69 Å². The Bertz CT molecular complexity index is 719. The molecule has 2 aromatic rings. The monoisotopic (exact) mass is 335 g/mol. The van der Waals surface area contributed by atoms with Gasteiger partial charge in [0.1, 0.15) is 0 Å². The number of nitrogens with zero attached hydrogens (tertiary/aromatic N) is 2. The van der Waals surface area contributed by atoms with E-state index in [1.807, 2.05) is 12.3 Å². The average Bonchev–Trinajstić information content (AvgIpc) is 3.47. The van der Waals surface area contributed by atoms with Crippen LogP contribution in [-0.2, 0) is 6.42 Å². The number of pyridine rings is 1. The lowest BCUT2D eigenvalue weighted by atomic mass is 9.90. The third kappa shape index (κ3) is 4.19. The molecule has 0 bridgehead atoms. The van der Waals surface area contributed by atoms with E-state index in [0.29, 0.717) is 11.6 Å². The SMILES string of the molecule is O=C(NC1CC1)c1cncc(N2CCC(Cc3ccccc3)CC2)c1. The van der Waals surface area contributed by atoms with E-state index in [9.17, 15) is 4.79 Å². The molecule has 1 amide bonds. The number of carbonyl (C=O) groups is 1. The smallest absolute Gasteiger partial charge is 0.253 e. The van der Waals surface area contributed by atoms with Crippen LogP contribution < -0.4 is 10.2 Å². The highest BCUT2D eigenvalue weighted by molar-refractivity contribution is 5.95. The predicted octanol–water partition coefficient (Wildman–Crippen LogP) is 3.43. The van der Waals surface area contributed by atoms with Gasteiger partial charge < -0.3 is 10.2 Å². The number of rotatable bonds is 5. The van der Waals surface area contributed by atoms with Crippen molar-refractivity contribution >= 4 is 11.6 Å². The van der Waals surface area contributed by atoms with Gasteiger partial charge in [-0.25, -0.2) is 0 Å². The lowest BCUT2D eigenvalue weighted by Crippen LogP contribution is -2.34. The first-order valence-electron chi connectivity index (χ1n) is 9.33. The number of anilines is 1. The molecule has 130 valence electrons. The predicted molar refractivity (Wildman–Crippen MR) is 99.8 cm³/mol. The Labute approximate surface area is 149 Å². The molecule has 4 rings (SSSR count). The summed E-state index contributed by atoms with van der Waals surface area (Å²) in [4.78, 5) is 18.9. The summed E-state index contributed by atoms with van der Waals surface area (Å²) < 4.78 is 0. The van der Waals surface area contributed by atoms with Crippen molar-refractivity contribution < 1.29 is 4.79 Å². The highest BCUT2D eigenvalue weighted by Crippen LogP contribution is 2.26. The minimum atomic E-state index is 0.0100. The van der Waals surface area contributed by atoms with E-state index in [1.165, 1.54) is 18.4 Å². The van der Waals surface area contributed by atoms with Gasteiger partial charge in [0, 0.05) is 25.3 Å². The molecule has 2 heterocycles. The maximum atomic E-state index is 12.2. The Balaban J connectivity index is 1.35. The fraction of sp³-hybridized carbons (Fsp3) is 0.429. The van der Waals surface area contributed by atoms with E-state index in [0.717, 1.165) is 44.0 Å². The third-order valence-electron chi connectivity index (χ3n) is 5.25. The standard InChI is InChI=1S/C21H25N3O/c25-21(23-19-6-7-19)18-13-20(15-22-14-18)24-10-8-17(9-11-24)12-16-4-2-1-3-5-16/h1-5,13-15,17,19H,6-12H2,(H,23,25). The second-order valence-corrected chi connectivity index (χ2v) is 7.30. The number of piperidine rings is 1. The van der Waals surface area contributed by atoms with Gasteiger partial charge in [-0.3, -0.25) is 9.78 Å². The van der Waals surface area contributed by atoms with Crippen LogP contribution in [0.2, 0.25) is 0 Å². The van der Waals surface area contributed by atoms with Gasteiger partial charge in [0.15, 0.2) is 0 Å². The van der Waals surface area contributed by atoms with Gasteiger partial charge in [0.05, 0.1) is 17.4 Å². The van der Waals surface area contributed by atoms with Gasteiger partial charge in [0.2, 0.25) is 0 Å². The van der Waals surface area contributed by atoms with E-state index in [-0.39, 0.29) is 5.91 Å². The zero-order valence-corrected chi connectivity index (χ0v) is 14.5. The molecule has 2 fully saturated rings. The molecule has 1 saturated heterocycles. The summed E-state index contributed by atoms with van der Waals surface area (Å²) >= 11 is 0. The van der Waals surface area contributed by atoms with E-state index in [2.05, 4.69) is 45.5 Å². The fourth-order valence-corrected chi connectivity index (χ4v) is 3.56. The summed E-state index contributed by atoms with van der Waals surface area (Å²) in [5, 5.41) is 3.04. The summed E-state index contributed by atoms with van der Waals surface area (Å²) in [5.41, 5.74) is 3.18. The number of hydrogen-bond acceptors (Lipinski definition) is 3. The molecule has 1 N–H and O–H groups in total. The summed E-state index contributed by atoms with van der Waals surface area (Å²) in [5.74, 6) is 0.753. The number of benzene rings is 1. The van der Waals surface area contributed by atoms with E-state index in [4.69, 9.17) is 0 Å². The Kier molecular flexibility index (Phi) is 4.68. The highest BCUT2D eigenvalue weighted by atomic mass is 16.1. The van der Waals surface area contributed by atoms with Gasteiger partial charge in [-0.05, 0) is 49.7 Å². The molecule has 0 radical (unpaired) electrons. The van der Waals surface area contributed by atoms with Gasteiger partial charge >= 0.3 is 0 Å². The van der Waals surface area contributed by atoms with Crippen molar-refractivity contribution in [3.8, 4) is 0 Å². The maximum absolute atomic E-state index is 12.2.